The summed E-state index contributed by atoms with van der Waals surface area (Å²) >= 11 is 1.79. The van der Waals surface area contributed by atoms with Gasteiger partial charge in [-0.25, -0.2) is 0 Å². The van der Waals surface area contributed by atoms with Crippen LogP contribution in [0, 0.1) is 5.92 Å². The lowest BCUT2D eigenvalue weighted by Gasteiger charge is -2.51. The molecule has 1 aromatic rings. The van der Waals surface area contributed by atoms with Crippen LogP contribution in [-0.2, 0) is 4.79 Å². The number of rotatable bonds is 6. The largest absolute Gasteiger partial charge is 0.497 e. The Morgan fingerprint density at radius 2 is 1.92 bits per heavy atom. The van der Waals surface area contributed by atoms with E-state index in [1.165, 1.54) is 31.5 Å². The van der Waals surface area contributed by atoms with Crippen molar-refractivity contribution < 1.29 is 9.53 Å². The number of nitrogens with zero attached hydrogens (tertiary/aromatic N) is 2. The van der Waals surface area contributed by atoms with E-state index in [-0.39, 0.29) is 0 Å². The maximum Gasteiger partial charge on any atom is 0.232 e. The molecule has 26 heavy (non-hydrogen) atoms. The maximum atomic E-state index is 13.0. The summed E-state index contributed by atoms with van der Waals surface area (Å²) in [4.78, 5) is 17.9. The fraction of sp³-hybridized carbons (Fsp3) is 0.667. The molecule has 0 radical (unpaired) electrons. The zero-order valence-electron chi connectivity index (χ0n) is 15.9. The fourth-order valence-electron chi connectivity index (χ4n) is 5.24. The quantitative estimate of drug-likeness (QED) is 0.716. The van der Waals surface area contributed by atoms with Crippen LogP contribution in [0.15, 0.2) is 24.3 Å². The van der Waals surface area contributed by atoms with Crippen LogP contribution in [0.1, 0.15) is 37.7 Å². The molecule has 4 fully saturated rings. The Bertz CT molecular complexity index is 627. The van der Waals surface area contributed by atoms with Gasteiger partial charge in [0.05, 0.1) is 18.9 Å². The molecule has 2 bridgehead atoms. The number of likely N-dealkylation sites (tertiary alicyclic amines) is 1. The van der Waals surface area contributed by atoms with Gasteiger partial charge in [0.25, 0.3) is 0 Å². The molecule has 0 unspecified atom stereocenters. The van der Waals surface area contributed by atoms with Gasteiger partial charge in [0.1, 0.15) is 5.75 Å². The van der Waals surface area contributed by atoms with Crippen molar-refractivity contribution in [1.82, 2.24) is 9.80 Å². The summed E-state index contributed by atoms with van der Waals surface area (Å²) in [6.45, 7) is 5.45. The van der Waals surface area contributed by atoms with Crippen molar-refractivity contribution in [2.24, 2.45) is 5.92 Å². The number of benzene rings is 1. The summed E-state index contributed by atoms with van der Waals surface area (Å²) in [5.74, 6) is 4.08. The van der Waals surface area contributed by atoms with Gasteiger partial charge in [0.15, 0.2) is 0 Å². The number of methoxy groups -OCH3 is 1. The highest BCUT2D eigenvalue weighted by molar-refractivity contribution is 7.99. The van der Waals surface area contributed by atoms with Crippen molar-refractivity contribution in [3.63, 3.8) is 0 Å². The number of piperidine rings is 3. The molecule has 4 aliphatic heterocycles. The first-order chi connectivity index (χ1) is 12.7. The second kappa shape index (κ2) is 7.81. The van der Waals surface area contributed by atoms with Crippen LogP contribution in [0.25, 0.3) is 0 Å². The molecule has 0 saturated carbocycles. The minimum atomic E-state index is 0.350. The standard InChI is InChI=1S/C21H30N2O2S/c1-3-12-26-14-19(24)23-13-18(15-4-6-17(25-2)7-5-15)21-20(23)16-8-10-22(21)11-9-16/h4-7,16,18,20-21H,3,8-14H2,1-2H3/t18-,20+,21+/m1/s1. The highest BCUT2D eigenvalue weighted by Crippen LogP contribution is 2.46. The average molecular weight is 375 g/mol. The molecule has 0 aliphatic carbocycles. The second-order valence-electron chi connectivity index (χ2n) is 7.83. The van der Waals surface area contributed by atoms with Gasteiger partial charge >= 0.3 is 0 Å². The first-order valence-corrected chi connectivity index (χ1v) is 11.1. The third kappa shape index (κ3) is 3.24. The van der Waals surface area contributed by atoms with Crippen LogP contribution < -0.4 is 4.74 Å². The maximum absolute atomic E-state index is 13.0. The van der Waals surface area contributed by atoms with Gasteiger partial charge in [0.2, 0.25) is 5.91 Å². The average Bonchev–Trinajstić information content (AvgIpc) is 3.12. The number of carbonyl (C=O) groups is 1. The highest BCUT2D eigenvalue weighted by Gasteiger charge is 2.54. The zero-order chi connectivity index (χ0) is 18.1. The SMILES string of the molecule is CCCSCC(=O)N1C[C@H](c2ccc(OC)cc2)[C@H]2[C@@H]1C1CCN2CC1. The van der Waals surface area contributed by atoms with Crippen molar-refractivity contribution in [2.45, 2.75) is 44.2 Å². The minimum absolute atomic E-state index is 0.350. The summed E-state index contributed by atoms with van der Waals surface area (Å²) in [6, 6.07) is 9.42. The molecule has 3 atom stereocenters. The molecule has 4 heterocycles. The number of hydrogen-bond donors (Lipinski definition) is 0. The van der Waals surface area contributed by atoms with E-state index >= 15 is 0 Å². The summed E-state index contributed by atoms with van der Waals surface area (Å²) in [6.07, 6.45) is 3.64. The predicted molar refractivity (Wildman–Crippen MR) is 107 cm³/mol. The summed E-state index contributed by atoms with van der Waals surface area (Å²) in [7, 11) is 1.71. The molecule has 5 rings (SSSR count). The third-order valence-electron chi connectivity index (χ3n) is 6.43. The Labute approximate surface area is 161 Å². The molecule has 0 N–H and O–H groups in total. The third-order valence-corrected chi connectivity index (χ3v) is 7.58. The molecule has 0 spiro atoms. The predicted octanol–water partition coefficient (Wildman–Crippen LogP) is 3.23. The fourth-order valence-corrected chi connectivity index (χ4v) is 6.01. The zero-order valence-corrected chi connectivity index (χ0v) is 16.7. The van der Waals surface area contributed by atoms with Crippen LogP contribution >= 0.6 is 11.8 Å². The first-order valence-electron chi connectivity index (χ1n) is 9.98. The molecule has 142 valence electrons. The Hall–Kier alpha value is -1.20. The molecular formula is C21H30N2O2S. The molecule has 4 aliphatic rings. The van der Waals surface area contributed by atoms with E-state index in [0.717, 1.165) is 24.5 Å². The number of thioether (sulfide) groups is 1. The van der Waals surface area contributed by atoms with Gasteiger partial charge in [0, 0.05) is 18.5 Å². The summed E-state index contributed by atoms with van der Waals surface area (Å²) in [5.41, 5.74) is 1.35. The number of amides is 1. The molecule has 1 amide bonds. The van der Waals surface area contributed by atoms with Gasteiger partial charge in [-0.2, -0.15) is 11.8 Å². The summed E-state index contributed by atoms with van der Waals surface area (Å²) < 4.78 is 5.32. The lowest BCUT2D eigenvalue weighted by molar-refractivity contribution is -0.133. The topological polar surface area (TPSA) is 32.8 Å². The molecule has 0 aromatic heterocycles. The normalized spacial score (nSPS) is 32.5. The van der Waals surface area contributed by atoms with Crippen LogP contribution in [-0.4, -0.2) is 66.0 Å². The number of fused-ring (bicyclic) bond motifs is 2. The molecule has 1 aromatic carbocycles. The van der Waals surface area contributed by atoms with Crippen molar-refractivity contribution in [3.8, 4) is 5.75 Å². The van der Waals surface area contributed by atoms with E-state index in [0.29, 0.717) is 35.6 Å². The smallest absolute Gasteiger partial charge is 0.232 e. The van der Waals surface area contributed by atoms with Crippen molar-refractivity contribution in [1.29, 1.82) is 0 Å². The van der Waals surface area contributed by atoms with Gasteiger partial charge in [-0.05, 0) is 61.7 Å². The van der Waals surface area contributed by atoms with Crippen LogP contribution in [0.2, 0.25) is 0 Å². The number of ether oxygens (including phenoxy) is 1. The Morgan fingerprint density at radius 1 is 1.19 bits per heavy atom. The van der Waals surface area contributed by atoms with E-state index in [4.69, 9.17) is 4.74 Å². The van der Waals surface area contributed by atoms with Gasteiger partial charge in [-0.1, -0.05) is 19.1 Å². The van der Waals surface area contributed by atoms with Crippen molar-refractivity contribution >= 4 is 17.7 Å². The molecule has 5 heteroatoms. The number of carbonyl (C=O) groups excluding carboxylic acids is 1. The minimum Gasteiger partial charge on any atom is -0.497 e. The van der Waals surface area contributed by atoms with Gasteiger partial charge in [-0.15, -0.1) is 0 Å². The van der Waals surface area contributed by atoms with E-state index in [9.17, 15) is 4.79 Å². The number of hydrogen-bond acceptors (Lipinski definition) is 4. The summed E-state index contributed by atoms with van der Waals surface area (Å²) in [5, 5.41) is 0. The molecule has 4 nitrogen and oxygen atoms in total. The van der Waals surface area contributed by atoms with E-state index in [1.54, 1.807) is 18.9 Å². The van der Waals surface area contributed by atoms with Crippen LogP contribution in [0.3, 0.4) is 0 Å². The van der Waals surface area contributed by atoms with Crippen molar-refractivity contribution in [3.05, 3.63) is 29.8 Å². The lowest BCUT2D eigenvalue weighted by atomic mass is 9.75. The lowest BCUT2D eigenvalue weighted by Crippen LogP contribution is -2.60. The monoisotopic (exact) mass is 374 g/mol. The first kappa shape index (κ1) is 18.2. The Balaban J connectivity index is 1.58. The van der Waals surface area contributed by atoms with E-state index in [2.05, 4.69) is 41.0 Å². The van der Waals surface area contributed by atoms with Crippen molar-refractivity contribution in [2.75, 3.05) is 38.2 Å². The van der Waals surface area contributed by atoms with Gasteiger partial charge < -0.3 is 9.64 Å². The van der Waals surface area contributed by atoms with E-state index in [1.807, 2.05) is 0 Å². The Morgan fingerprint density at radius 3 is 2.58 bits per heavy atom. The van der Waals surface area contributed by atoms with E-state index < -0.39 is 0 Å². The molecular weight excluding hydrogens is 344 g/mol. The van der Waals surface area contributed by atoms with Crippen LogP contribution in [0.4, 0.5) is 0 Å². The van der Waals surface area contributed by atoms with Crippen LogP contribution in [0.5, 0.6) is 5.75 Å². The van der Waals surface area contributed by atoms with Gasteiger partial charge in [-0.3, -0.25) is 9.69 Å². The second-order valence-corrected chi connectivity index (χ2v) is 8.94. The Kier molecular flexibility index (Phi) is 5.46. The molecule has 4 saturated heterocycles. The highest BCUT2D eigenvalue weighted by atomic mass is 32.2.